The van der Waals surface area contributed by atoms with Crippen LogP contribution < -0.4 is 5.73 Å². The van der Waals surface area contributed by atoms with Gasteiger partial charge in [0.2, 0.25) is 0 Å². The molecule has 0 aliphatic carbocycles. The van der Waals surface area contributed by atoms with Crippen molar-refractivity contribution in [3.05, 3.63) is 35.4 Å². The first kappa shape index (κ1) is 14.5. The van der Waals surface area contributed by atoms with Gasteiger partial charge in [-0.2, -0.15) is 13.1 Å². The van der Waals surface area contributed by atoms with Crippen LogP contribution in [0.1, 0.15) is 11.1 Å². The van der Waals surface area contributed by atoms with E-state index in [1.807, 2.05) is 0 Å². The third-order valence-corrected chi connectivity index (χ3v) is 3.75. The van der Waals surface area contributed by atoms with Crippen molar-refractivity contribution in [2.45, 2.75) is 12.3 Å². The molecule has 0 amide bonds. The summed E-state index contributed by atoms with van der Waals surface area (Å²) in [7, 11) is -3.52. The van der Waals surface area contributed by atoms with Gasteiger partial charge in [0.15, 0.2) is 0 Å². The molecule has 0 heterocycles. The van der Waals surface area contributed by atoms with Crippen molar-refractivity contribution >= 4 is 15.9 Å². The number of amidine groups is 1. The second kappa shape index (κ2) is 5.40. The predicted molar refractivity (Wildman–Crippen MR) is 63.8 cm³/mol. The van der Waals surface area contributed by atoms with E-state index in [2.05, 4.69) is 0 Å². The van der Waals surface area contributed by atoms with E-state index in [1.165, 1.54) is 6.07 Å². The molecule has 0 aromatic heterocycles. The second-order valence-corrected chi connectivity index (χ2v) is 5.69. The molecule has 0 aliphatic heterocycles. The Labute approximate surface area is 104 Å². The number of benzene rings is 1. The van der Waals surface area contributed by atoms with Gasteiger partial charge in [-0.25, -0.2) is 8.42 Å². The van der Waals surface area contributed by atoms with E-state index < -0.39 is 15.8 Å². The van der Waals surface area contributed by atoms with Gasteiger partial charge in [-0.05, 0) is 11.6 Å². The number of nitrogens with zero attached hydrogens (tertiary/aromatic N) is 1. The number of nitrogen functional groups attached to an aromatic ring is 1. The van der Waals surface area contributed by atoms with Crippen LogP contribution in [0, 0.1) is 5.41 Å². The summed E-state index contributed by atoms with van der Waals surface area (Å²) in [5, 5.41) is 7.23. The summed E-state index contributed by atoms with van der Waals surface area (Å²) < 4.78 is 47.5. The summed E-state index contributed by atoms with van der Waals surface area (Å²) in [5.41, 5.74) is 6.17. The van der Waals surface area contributed by atoms with Gasteiger partial charge >= 0.3 is 5.76 Å². The molecule has 0 radical (unpaired) electrons. The van der Waals surface area contributed by atoms with Crippen LogP contribution in [0.25, 0.3) is 0 Å². The Morgan fingerprint density at radius 2 is 2.11 bits per heavy atom. The van der Waals surface area contributed by atoms with Crippen molar-refractivity contribution in [1.82, 2.24) is 4.31 Å². The predicted octanol–water partition coefficient (Wildman–Crippen LogP) is 0.955. The minimum Gasteiger partial charge on any atom is -0.384 e. The first-order valence-electron chi connectivity index (χ1n) is 4.92. The van der Waals surface area contributed by atoms with Crippen molar-refractivity contribution in [1.29, 1.82) is 5.41 Å². The highest BCUT2D eigenvalue weighted by Crippen LogP contribution is 2.14. The fraction of sp³-hybridized carbons (Fsp3) is 0.300. The van der Waals surface area contributed by atoms with Crippen LogP contribution in [0.3, 0.4) is 0 Å². The largest absolute Gasteiger partial charge is 0.384 e. The molecule has 1 aromatic carbocycles. The lowest BCUT2D eigenvalue weighted by Crippen LogP contribution is -2.31. The lowest BCUT2D eigenvalue weighted by Gasteiger charge is -2.16. The number of nitrogens with one attached hydrogen (secondary N) is 1. The van der Waals surface area contributed by atoms with Crippen molar-refractivity contribution in [2.75, 3.05) is 7.05 Å². The van der Waals surface area contributed by atoms with Gasteiger partial charge in [0.1, 0.15) is 5.84 Å². The summed E-state index contributed by atoms with van der Waals surface area (Å²) in [6, 6.07) is 6.21. The lowest BCUT2D eigenvalue weighted by molar-refractivity contribution is 0.222. The van der Waals surface area contributed by atoms with Crippen LogP contribution in [-0.2, 0) is 16.6 Å². The molecule has 0 unspecified atom stereocenters. The molecule has 1 rings (SSSR count). The van der Waals surface area contributed by atoms with E-state index in [0.717, 1.165) is 7.05 Å². The minimum absolute atomic E-state index is 0.170. The average Bonchev–Trinajstić information content (AvgIpc) is 2.28. The van der Waals surface area contributed by atoms with Gasteiger partial charge < -0.3 is 5.73 Å². The van der Waals surface area contributed by atoms with Crippen LogP contribution in [-0.4, -0.2) is 31.4 Å². The van der Waals surface area contributed by atoms with Crippen LogP contribution in [0.15, 0.2) is 24.3 Å². The summed E-state index contributed by atoms with van der Waals surface area (Å²) >= 11 is 0. The smallest absolute Gasteiger partial charge is 0.350 e. The molecule has 0 atom stereocenters. The van der Waals surface area contributed by atoms with Crippen molar-refractivity contribution < 1.29 is 17.2 Å². The van der Waals surface area contributed by atoms with Gasteiger partial charge in [0, 0.05) is 19.2 Å². The third-order valence-electron chi connectivity index (χ3n) is 2.30. The number of alkyl halides is 2. The Morgan fingerprint density at radius 3 is 2.61 bits per heavy atom. The van der Waals surface area contributed by atoms with Crippen LogP contribution in [0.5, 0.6) is 0 Å². The molecule has 100 valence electrons. The zero-order valence-electron chi connectivity index (χ0n) is 9.60. The number of hydrogen-bond acceptors (Lipinski definition) is 3. The quantitative estimate of drug-likeness (QED) is 0.620. The molecule has 0 fully saturated rings. The fourth-order valence-corrected chi connectivity index (χ4v) is 1.92. The molecule has 0 saturated carbocycles. The number of hydrogen-bond donors (Lipinski definition) is 2. The summed E-state index contributed by atoms with van der Waals surface area (Å²) in [6.45, 7) is -0.201. The molecule has 1 aromatic rings. The number of sulfonamides is 1. The molecule has 0 saturated heterocycles. The van der Waals surface area contributed by atoms with Crippen molar-refractivity contribution in [2.24, 2.45) is 5.73 Å². The molecule has 18 heavy (non-hydrogen) atoms. The van der Waals surface area contributed by atoms with E-state index >= 15 is 0 Å². The Kier molecular flexibility index (Phi) is 4.36. The van der Waals surface area contributed by atoms with Crippen molar-refractivity contribution in [3.8, 4) is 0 Å². The van der Waals surface area contributed by atoms with E-state index in [-0.39, 0.29) is 12.4 Å². The van der Waals surface area contributed by atoms with Gasteiger partial charge in [-0.3, -0.25) is 5.41 Å². The highest BCUT2D eigenvalue weighted by atomic mass is 32.2. The summed E-state index contributed by atoms with van der Waals surface area (Å²) in [6.07, 6.45) is 0. The second-order valence-electron chi connectivity index (χ2n) is 3.68. The van der Waals surface area contributed by atoms with Gasteiger partial charge in [-0.1, -0.05) is 18.2 Å². The first-order valence-corrected chi connectivity index (χ1v) is 6.42. The van der Waals surface area contributed by atoms with E-state index in [9.17, 15) is 17.2 Å². The van der Waals surface area contributed by atoms with Crippen LogP contribution in [0.4, 0.5) is 8.78 Å². The molecular formula is C10H13F2N3O2S. The Morgan fingerprint density at radius 1 is 1.50 bits per heavy atom. The topological polar surface area (TPSA) is 87.2 Å². The Bertz CT molecular complexity index is 546. The minimum atomic E-state index is -4.59. The molecule has 0 aliphatic rings. The monoisotopic (exact) mass is 277 g/mol. The summed E-state index contributed by atoms with van der Waals surface area (Å²) in [5.74, 6) is -3.62. The molecule has 0 spiro atoms. The van der Waals surface area contributed by atoms with Gasteiger partial charge in [-0.15, -0.1) is 0 Å². The maximum atomic E-state index is 12.3. The van der Waals surface area contributed by atoms with Gasteiger partial charge in [0.25, 0.3) is 10.0 Å². The third kappa shape index (κ3) is 3.23. The zero-order chi connectivity index (χ0) is 13.9. The lowest BCUT2D eigenvalue weighted by atomic mass is 10.1. The van der Waals surface area contributed by atoms with E-state index in [1.54, 1.807) is 18.2 Å². The van der Waals surface area contributed by atoms with Crippen LogP contribution >= 0.6 is 0 Å². The Hall–Kier alpha value is -1.54. The van der Waals surface area contributed by atoms with Crippen LogP contribution in [0.2, 0.25) is 0 Å². The number of halogens is 2. The molecule has 0 bridgehead atoms. The molecular weight excluding hydrogens is 264 g/mol. The normalized spacial score (nSPS) is 12.1. The maximum absolute atomic E-state index is 12.3. The summed E-state index contributed by atoms with van der Waals surface area (Å²) in [4.78, 5) is 0. The molecule has 3 N–H and O–H groups in total. The van der Waals surface area contributed by atoms with E-state index in [4.69, 9.17) is 11.1 Å². The maximum Gasteiger partial charge on any atom is 0.350 e. The van der Waals surface area contributed by atoms with E-state index in [0.29, 0.717) is 15.4 Å². The van der Waals surface area contributed by atoms with Gasteiger partial charge in [0.05, 0.1) is 0 Å². The van der Waals surface area contributed by atoms with Crippen molar-refractivity contribution in [3.63, 3.8) is 0 Å². The first-order chi connectivity index (χ1) is 8.25. The SMILES string of the molecule is CN(Cc1cccc(C(=N)N)c1)S(=O)(=O)C(F)F. The zero-order valence-corrected chi connectivity index (χ0v) is 10.4. The number of rotatable bonds is 5. The molecule has 8 heteroatoms. The highest BCUT2D eigenvalue weighted by molar-refractivity contribution is 7.89. The number of nitrogens with two attached hydrogens (primary N) is 1. The Balaban J connectivity index is 2.92. The molecule has 5 nitrogen and oxygen atoms in total. The fourth-order valence-electron chi connectivity index (χ4n) is 1.32. The average molecular weight is 277 g/mol. The standard InChI is InChI=1S/C10H13F2N3O2S/c1-15(18(16,17)10(11)12)6-7-3-2-4-8(5-7)9(13)14/h2-5,10H,6H2,1H3,(H3,13,14). The highest BCUT2D eigenvalue weighted by Gasteiger charge is 2.29.